The van der Waals surface area contributed by atoms with Crippen LogP contribution in [0.2, 0.25) is 0 Å². The molecule has 1 saturated heterocycles. The molecule has 1 aromatic carbocycles. The average Bonchev–Trinajstić information content (AvgIpc) is 2.88. The normalized spacial score (nSPS) is 22.9. The van der Waals surface area contributed by atoms with Gasteiger partial charge >= 0.3 is 0 Å². The Morgan fingerprint density at radius 3 is 2.90 bits per heavy atom. The molecule has 1 fully saturated rings. The van der Waals surface area contributed by atoms with Crippen LogP contribution < -0.4 is 5.73 Å². The first-order valence-electron chi connectivity index (χ1n) is 6.27. The van der Waals surface area contributed by atoms with E-state index in [4.69, 9.17) is 10.3 Å². The molecule has 2 atom stereocenters. The van der Waals surface area contributed by atoms with Crippen molar-refractivity contribution >= 4 is 29.2 Å². The Labute approximate surface area is 124 Å². The maximum absolute atomic E-state index is 13.8. The summed E-state index contributed by atoms with van der Waals surface area (Å²) in [6.07, 6.45) is 0. The fraction of sp³-hybridized carbons (Fsp3) is 0.385. The van der Waals surface area contributed by atoms with Crippen LogP contribution in [-0.4, -0.2) is 26.9 Å². The molecule has 3 rings (SSSR count). The first-order valence-corrected chi connectivity index (χ1v) is 8.37. The van der Waals surface area contributed by atoms with Crippen LogP contribution in [0.5, 0.6) is 0 Å². The SMILES string of the molecule is CC1SCCSC1c1noc(-c2ccc(N)cc2F)n1. The van der Waals surface area contributed by atoms with Crippen molar-refractivity contribution in [3.8, 4) is 11.5 Å². The molecule has 0 amide bonds. The Balaban J connectivity index is 1.89. The lowest BCUT2D eigenvalue weighted by atomic mass is 10.2. The first kappa shape index (κ1) is 13.8. The highest BCUT2D eigenvalue weighted by atomic mass is 32.2. The Hall–Kier alpha value is -1.21. The number of aromatic nitrogens is 2. The van der Waals surface area contributed by atoms with E-state index in [-0.39, 0.29) is 11.1 Å². The standard InChI is InChI=1S/C13H14FN3OS2/c1-7-11(20-5-4-19-7)12-16-13(18-17-12)9-3-2-8(15)6-10(9)14/h2-3,6-7,11H,4-5,15H2,1H3. The van der Waals surface area contributed by atoms with Crippen molar-refractivity contribution in [2.45, 2.75) is 17.4 Å². The lowest BCUT2D eigenvalue weighted by molar-refractivity contribution is 0.419. The number of halogens is 1. The second-order valence-electron chi connectivity index (χ2n) is 4.56. The smallest absolute Gasteiger partial charge is 0.260 e. The molecule has 2 heterocycles. The largest absolute Gasteiger partial charge is 0.399 e. The molecular weight excluding hydrogens is 297 g/mol. The van der Waals surface area contributed by atoms with Gasteiger partial charge < -0.3 is 10.3 Å². The fourth-order valence-electron chi connectivity index (χ4n) is 2.08. The molecule has 0 saturated carbocycles. The van der Waals surface area contributed by atoms with Gasteiger partial charge in [-0.2, -0.15) is 16.7 Å². The minimum atomic E-state index is -0.445. The summed E-state index contributed by atoms with van der Waals surface area (Å²) in [5, 5.41) is 4.64. The highest BCUT2D eigenvalue weighted by Crippen LogP contribution is 2.41. The maximum Gasteiger partial charge on any atom is 0.260 e. The molecule has 0 aliphatic carbocycles. The van der Waals surface area contributed by atoms with E-state index in [1.165, 1.54) is 6.07 Å². The van der Waals surface area contributed by atoms with E-state index in [9.17, 15) is 4.39 Å². The third-order valence-electron chi connectivity index (χ3n) is 3.11. The molecular formula is C13H14FN3OS2. The number of hydrogen-bond acceptors (Lipinski definition) is 6. The van der Waals surface area contributed by atoms with E-state index >= 15 is 0 Å². The summed E-state index contributed by atoms with van der Waals surface area (Å²) in [6.45, 7) is 2.15. The van der Waals surface area contributed by atoms with Gasteiger partial charge in [0.15, 0.2) is 5.82 Å². The van der Waals surface area contributed by atoms with Gasteiger partial charge in [-0.1, -0.05) is 12.1 Å². The second-order valence-corrected chi connectivity index (χ2v) is 7.30. The van der Waals surface area contributed by atoms with E-state index < -0.39 is 5.82 Å². The maximum atomic E-state index is 13.8. The molecule has 4 nitrogen and oxygen atoms in total. The molecule has 20 heavy (non-hydrogen) atoms. The molecule has 2 aromatic rings. The van der Waals surface area contributed by atoms with Gasteiger partial charge in [-0.3, -0.25) is 0 Å². The molecule has 1 aliphatic heterocycles. The van der Waals surface area contributed by atoms with Crippen LogP contribution in [0, 0.1) is 5.82 Å². The van der Waals surface area contributed by atoms with Crippen LogP contribution in [-0.2, 0) is 0 Å². The van der Waals surface area contributed by atoms with Gasteiger partial charge in [-0.25, -0.2) is 4.39 Å². The molecule has 0 radical (unpaired) electrons. The van der Waals surface area contributed by atoms with Crippen LogP contribution in [0.3, 0.4) is 0 Å². The van der Waals surface area contributed by atoms with Crippen molar-refractivity contribution in [2.75, 3.05) is 17.2 Å². The van der Waals surface area contributed by atoms with Gasteiger partial charge in [0, 0.05) is 22.4 Å². The topological polar surface area (TPSA) is 64.9 Å². The van der Waals surface area contributed by atoms with Crippen molar-refractivity contribution in [1.29, 1.82) is 0 Å². The molecule has 0 spiro atoms. The number of nitrogen functional groups attached to an aromatic ring is 1. The van der Waals surface area contributed by atoms with E-state index in [1.807, 2.05) is 23.5 Å². The van der Waals surface area contributed by atoms with Gasteiger partial charge in [-0.15, -0.1) is 11.8 Å². The van der Waals surface area contributed by atoms with Gasteiger partial charge in [0.2, 0.25) is 0 Å². The fourth-order valence-corrected chi connectivity index (χ4v) is 4.76. The number of nitrogens with zero attached hydrogens (tertiary/aromatic N) is 2. The highest BCUT2D eigenvalue weighted by Gasteiger charge is 2.29. The zero-order valence-corrected chi connectivity index (χ0v) is 12.5. The van der Waals surface area contributed by atoms with E-state index in [2.05, 4.69) is 17.1 Å². The second kappa shape index (κ2) is 5.65. The Morgan fingerprint density at radius 2 is 2.15 bits per heavy atom. The van der Waals surface area contributed by atoms with Crippen molar-refractivity contribution in [1.82, 2.24) is 10.1 Å². The summed E-state index contributed by atoms with van der Waals surface area (Å²) >= 11 is 3.72. The van der Waals surface area contributed by atoms with E-state index in [0.29, 0.717) is 22.3 Å². The van der Waals surface area contributed by atoms with Gasteiger partial charge in [0.25, 0.3) is 5.89 Å². The predicted octanol–water partition coefficient (Wildman–Crippen LogP) is 3.37. The number of thioether (sulfide) groups is 2. The zero-order chi connectivity index (χ0) is 14.1. The van der Waals surface area contributed by atoms with Crippen LogP contribution in [0.1, 0.15) is 18.0 Å². The molecule has 7 heteroatoms. The molecule has 2 N–H and O–H groups in total. The van der Waals surface area contributed by atoms with Crippen molar-refractivity contribution < 1.29 is 8.91 Å². The van der Waals surface area contributed by atoms with Gasteiger partial charge in [-0.05, 0) is 18.2 Å². The molecule has 1 aromatic heterocycles. The van der Waals surface area contributed by atoms with Crippen LogP contribution >= 0.6 is 23.5 Å². The van der Waals surface area contributed by atoms with Gasteiger partial charge in [0.05, 0.1) is 10.8 Å². The van der Waals surface area contributed by atoms with Crippen LogP contribution in [0.15, 0.2) is 22.7 Å². The van der Waals surface area contributed by atoms with Crippen molar-refractivity contribution in [2.24, 2.45) is 0 Å². The first-order chi connectivity index (χ1) is 9.65. The number of rotatable bonds is 2. The lowest BCUT2D eigenvalue weighted by Gasteiger charge is -2.24. The molecule has 1 aliphatic rings. The number of hydrogen-bond donors (Lipinski definition) is 1. The minimum Gasteiger partial charge on any atom is -0.399 e. The third kappa shape index (κ3) is 2.64. The Bertz CT molecular complexity index is 619. The average molecular weight is 311 g/mol. The summed E-state index contributed by atoms with van der Waals surface area (Å²) in [5.41, 5.74) is 6.20. The summed E-state index contributed by atoms with van der Waals surface area (Å²) in [7, 11) is 0. The summed E-state index contributed by atoms with van der Waals surface area (Å²) < 4.78 is 19.1. The monoisotopic (exact) mass is 311 g/mol. The lowest BCUT2D eigenvalue weighted by Crippen LogP contribution is -2.16. The molecule has 106 valence electrons. The molecule has 0 bridgehead atoms. The number of benzene rings is 1. The highest BCUT2D eigenvalue weighted by molar-refractivity contribution is 8.06. The zero-order valence-electron chi connectivity index (χ0n) is 10.9. The Morgan fingerprint density at radius 1 is 1.35 bits per heavy atom. The number of nitrogens with two attached hydrogens (primary N) is 1. The summed E-state index contributed by atoms with van der Waals surface area (Å²) in [6, 6.07) is 4.44. The quantitative estimate of drug-likeness (QED) is 0.858. The van der Waals surface area contributed by atoms with Crippen molar-refractivity contribution in [3.63, 3.8) is 0 Å². The molecule has 2 unspecified atom stereocenters. The minimum absolute atomic E-state index is 0.197. The van der Waals surface area contributed by atoms with E-state index in [0.717, 1.165) is 11.5 Å². The summed E-state index contributed by atoms with van der Waals surface area (Å²) in [5.74, 6) is 2.61. The number of anilines is 1. The summed E-state index contributed by atoms with van der Waals surface area (Å²) in [4.78, 5) is 4.35. The predicted molar refractivity (Wildman–Crippen MR) is 81.2 cm³/mol. The van der Waals surface area contributed by atoms with Crippen molar-refractivity contribution in [3.05, 3.63) is 29.8 Å². The van der Waals surface area contributed by atoms with E-state index in [1.54, 1.807) is 12.1 Å². The van der Waals surface area contributed by atoms with Crippen LogP contribution in [0.4, 0.5) is 10.1 Å². The van der Waals surface area contributed by atoms with Gasteiger partial charge in [0.1, 0.15) is 5.82 Å². The van der Waals surface area contributed by atoms with Crippen LogP contribution in [0.25, 0.3) is 11.5 Å². The Kier molecular flexibility index (Phi) is 3.89. The third-order valence-corrected chi connectivity index (χ3v) is 6.19.